The summed E-state index contributed by atoms with van der Waals surface area (Å²) in [7, 11) is 0. The Bertz CT molecular complexity index is 365. The van der Waals surface area contributed by atoms with Crippen LogP contribution in [0.25, 0.3) is 0 Å². The molecule has 0 aliphatic heterocycles. The van der Waals surface area contributed by atoms with Crippen LogP contribution in [0.2, 0.25) is 0 Å². The average Bonchev–Trinajstić information content (AvgIpc) is 2.56. The van der Waals surface area contributed by atoms with Crippen molar-refractivity contribution < 1.29 is 14.6 Å². The van der Waals surface area contributed by atoms with Gasteiger partial charge in [0.2, 0.25) is 0 Å². The summed E-state index contributed by atoms with van der Waals surface area (Å²) >= 11 is 1.17. The Kier molecular flexibility index (Phi) is 4.70. The second-order valence-electron chi connectivity index (χ2n) is 3.48. The lowest BCUT2D eigenvalue weighted by Gasteiger charge is -2.13. The van der Waals surface area contributed by atoms with Gasteiger partial charge in [0.15, 0.2) is 0 Å². The molecule has 0 aliphatic carbocycles. The van der Waals surface area contributed by atoms with Gasteiger partial charge in [-0.3, -0.25) is 0 Å². The van der Waals surface area contributed by atoms with Crippen molar-refractivity contribution >= 4 is 22.5 Å². The number of carboxylic acids is 1. The lowest BCUT2D eigenvalue weighted by molar-refractivity contribution is 0.0697. The molecule has 0 amide bonds. The third kappa shape index (κ3) is 3.18. The van der Waals surface area contributed by atoms with Crippen molar-refractivity contribution in [1.82, 2.24) is 4.37 Å². The zero-order valence-electron chi connectivity index (χ0n) is 9.61. The Morgan fingerprint density at radius 1 is 1.69 bits per heavy atom. The van der Waals surface area contributed by atoms with Gasteiger partial charge in [-0.15, -0.1) is 0 Å². The van der Waals surface area contributed by atoms with Crippen LogP contribution in [0.1, 0.15) is 29.9 Å². The molecule has 16 heavy (non-hydrogen) atoms. The van der Waals surface area contributed by atoms with Gasteiger partial charge in [-0.05, 0) is 32.3 Å². The number of carboxylic acid groups (broad SMARTS) is 1. The first-order valence-electron chi connectivity index (χ1n) is 5.10. The van der Waals surface area contributed by atoms with Gasteiger partial charge in [0.1, 0.15) is 10.6 Å². The zero-order valence-corrected chi connectivity index (χ0v) is 10.4. The molecule has 1 rings (SSSR count). The molecular formula is C10H16N2O3S. The van der Waals surface area contributed by atoms with Gasteiger partial charge < -0.3 is 15.2 Å². The maximum atomic E-state index is 11.0. The predicted octanol–water partition coefficient (Wildman–Crippen LogP) is 1.99. The first kappa shape index (κ1) is 12.9. The number of nitrogens with zero attached hydrogens (tertiary/aromatic N) is 1. The van der Waals surface area contributed by atoms with Gasteiger partial charge in [0, 0.05) is 12.6 Å². The Labute approximate surface area is 98.6 Å². The number of anilines is 1. The monoisotopic (exact) mass is 244 g/mol. The van der Waals surface area contributed by atoms with Crippen molar-refractivity contribution in [3.63, 3.8) is 0 Å². The molecule has 1 aromatic rings. The number of carbonyl (C=O) groups is 1. The first-order chi connectivity index (χ1) is 7.56. The third-order valence-electron chi connectivity index (χ3n) is 2.03. The minimum Gasteiger partial charge on any atom is -0.478 e. The molecule has 1 unspecified atom stereocenters. The minimum absolute atomic E-state index is 0.0675. The molecule has 0 radical (unpaired) electrons. The van der Waals surface area contributed by atoms with Crippen LogP contribution in [0, 0.1) is 6.92 Å². The van der Waals surface area contributed by atoms with Crippen molar-refractivity contribution in [2.75, 3.05) is 18.5 Å². The molecule has 90 valence electrons. The van der Waals surface area contributed by atoms with E-state index in [4.69, 9.17) is 9.84 Å². The zero-order chi connectivity index (χ0) is 12.1. The van der Waals surface area contributed by atoms with Crippen molar-refractivity contribution in [2.24, 2.45) is 0 Å². The van der Waals surface area contributed by atoms with E-state index in [1.165, 1.54) is 11.5 Å². The van der Waals surface area contributed by atoms with Crippen molar-refractivity contribution in [1.29, 1.82) is 0 Å². The highest BCUT2D eigenvalue weighted by molar-refractivity contribution is 7.10. The van der Waals surface area contributed by atoms with E-state index in [0.29, 0.717) is 23.9 Å². The van der Waals surface area contributed by atoms with Crippen LogP contribution >= 0.6 is 11.5 Å². The smallest absolute Gasteiger partial charge is 0.340 e. The number of aromatic nitrogens is 1. The Balaban J connectivity index is 2.70. The Morgan fingerprint density at radius 3 is 2.94 bits per heavy atom. The van der Waals surface area contributed by atoms with Crippen LogP contribution in [-0.2, 0) is 4.74 Å². The number of hydrogen-bond acceptors (Lipinski definition) is 5. The van der Waals surface area contributed by atoms with Crippen molar-refractivity contribution in [3.05, 3.63) is 11.3 Å². The normalized spacial score (nSPS) is 12.4. The maximum absolute atomic E-state index is 11.0. The van der Waals surface area contributed by atoms with Crippen LogP contribution < -0.4 is 5.32 Å². The molecule has 2 N–H and O–H groups in total. The number of rotatable bonds is 6. The van der Waals surface area contributed by atoms with Crippen molar-refractivity contribution in [3.8, 4) is 0 Å². The summed E-state index contributed by atoms with van der Waals surface area (Å²) in [5.74, 6) is -0.947. The number of ether oxygens (including phenoxy) is 1. The number of nitrogens with one attached hydrogen (secondary N) is 1. The molecular weight excluding hydrogens is 228 g/mol. The Morgan fingerprint density at radius 2 is 2.38 bits per heavy atom. The van der Waals surface area contributed by atoms with E-state index in [1.54, 1.807) is 6.92 Å². The lowest BCUT2D eigenvalue weighted by atomic mass is 10.2. The second-order valence-corrected chi connectivity index (χ2v) is 4.26. The molecule has 0 aliphatic rings. The van der Waals surface area contributed by atoms with Gasteiger partial charge in [-0.2, -0.15) is 4.37 Å². The van der Waals surface area contributed by atoms with E-state index >= 15 is 0 Å². The molecule has 0 fully saturated rings. The van der Waals surface area contributed by atoms with E-state index in [9.17, 15) is 4.79 Å². The highest BCUT2D eigenvalue weighted by atomic mass is 32.1. The molecule has 5 nitrogen and oxygen atoms in total. The van der Waals surface area contributed by atoms with Gasteiger partial charge in [-0.25, -0.2) is 4.79 Å². The van der Waals surface area contributed by atoms with Crippen LogP contribution in [0.3, 0.4) is 0 Å². The van der Waals surface area contributed by atoms with Gasteiger partial charge >= 0.3 is 5.97 Å². The quantitative estimate of drug-likeness (QED) is 0.800. The van der Waals surface area contributed by atoms with Gasteiger partial charge in [0.25, 0.3) is 0 Å². The topological polar surface area (TPSA) is 71.5 Å². The molecule has 0 bridgehead atoms. The molecule has 6 heteroatoms. The molecule has 0 aromatic carbocycles. The van der Waals surface area contributed by atoms with E-state index < -0.39 is 5.97 Å². The molecule has 1 heterocycles. The van der Waals surface area contributed by atoms with E-state index in [2.05, 4.69) is 9.69 Å². The van der Waals surface area contributed by atoms with Crippen LogP contribution in [-0.4, -0.2) is 34.7 Å². The highest BCUT2D eigenvalue weighted by Crippen LogP contribution is 2.24. The number of aryl methyl sites for hydroxylation is 1. The average molecular weight is 244 g/mol. The minimum atomic E-state index is -0.947. The first-order valence-corrected chi connectivity index (χ1v) is 5.87. The molecule has 1 aromatic heterocycles. The van der Waals surface area contributed by atoms with E-state index in [0.717, 1.165) is 0 Å². The molecule has 1 atom stereocenters. The summed E-state index contributed by atoms with van der Waals surface area (Å²) < 4.78 is 9.28. The summed E-state index contributed by atoms with van der Waals surface area (Å²) in [6, 6.07) is 0.0675. The number of hydrogen-bond donors (Lipinski definition) is 2. The van der Waals surface area contributed by atoms with Gasteiger partial charge in [0.05, 0.1) is 12.3 Å². The summed E-state index contributed by atoms with van der Waals surface area (Å²) in [5, 5.41) is 12.7. The molecule has 0 saturated heterocycles. The maximum Gasteiger partial charge on any atom is 0.340 e. The standard InChI is InChI=1S/C10H16N2O3S/c1-4-15-5-6(2)11-9-8(10(13)14)7(3)12-16-9/h6,11H,4-5H2,1-3H3,(H,13,14). The van der Waals surface area contributed by atoms with E-state index in [-0.39, 0.29) is 11.6 Å². The van der Waals surface area contributed by atoms with Crippen molar-refractivity contribution in [2.45, 2.75) is 26.8 Å². The second kappa shape index (κ2) is 5.81. The summed E-state index contributed by atoms with van der Waals surface area (Å²) in [5.41, 5.74) is 0.803. The third-order valence-corrected chi connectivity index (χ3v) is 2.90. The summed E-state index contributed by atoms with van der Waals surface area (Å²) in [6.07, 6.45) is 0. The van der Waals surface area contributed by atoms with Gasteiger partial charge in [-0.1, -0.05) is 0 Å². The fourth-order valence-corrected chi connectivity index (χ4v) is 2.18. The fraction of sp³-hybridized carbons (Fsp3) is 0.600. The highest BCUT2D eigenvalue weighted by Gasteiger charge is 2.18. The van der Waals surface area contributed by atoms with Crippen LogP contribution in [0.5, 0.6) is 0 Å². The fourth-order valence-electron chi connectivity index (χ4n) is 1.28. The predicted molar refractivity (Wildman–Crippen MR) is 63.4 cm³/mol. The number of aromatic carboxylic acids is 1. The van der Waals surface area contributed by atoms with Crippen LogP contribution in [0.15, 0.2) is 0 Å². The molecule has 0 spiro atoms. The molecule has 0 saturated carbocycles. The van der Waals surface area contributed by atoms with Crippen LogP contribution in [0.4, 0.5) is 5.00 Å². The Hall–Kier alpha value is -1.14. The summed E-state index contributed by atoms with van der Waals surface area (Å²) in [4.78, 5) is 11.0. The summed E-state index contributed by atoms with van der Waals surface area (Å²) in [6.45, 7) is 6.76. The largest absolute Gasteiger partial charge is 0.478 e. The SMILES string of the molecule is CCOCC(C)Nc1snc(C)c1C(=O)O. The van der Waals surface area contributed by atoms with E-state index in [1.807, 2.05) is 13.8 Å². The lowest BCUT2D eigenvalue weighted by Crippen LogP contribution is -2.22.